The largest absolute Gasteiger partial charge is 0.497 e. The maximum atomic E-state index is 5.90. The molecule has 1 atom stereocenters. The third-order valence-corrected chi connectivity index (χ3v) is 5.75. The van der Waals surface area contributed by atoms with E-state index in [1.807, 2.05) is 12.3 Å². The van der Waals surface area contributed by atoms with Crippen LogP contribution in [0.25, 0.3) is 32.6 Å². The lowest BCUT2D eigenvalue weighted by molar-refractivity contribution is 0.415. The molecular weight excluding hydrogens is 348 g/mol. The Morgan fingerprint density at radius 1 is 1.14 bits per heavy atom. The fraction of sp³-hybridized carbons (Fsp3) is 0.348. The van der Waals surface area contributed by atoms with E-state index in [4.69, 9.17) is 15.5 Å². The van der Waals surface area contributed by atoms with E-state index in [0.717, 1.165) is 29.9 Å². The van der Waals surface area contributed by atoms with Crippen LogP contribution in [0.1, 0.15) is 36.2 Å². The second-order valence-electron chi connectivity index (χ2n) is 7.34. The zero-order valence-electron chi connectivity index (χ0n) is 17.0. The first kappa shape index (κ1) is 18.7. The van der Waals surface area contributed by atoms with Crippen molar-refractivity contribution in [2.24, 2.45) is 5.73 Å². The summed E-state index contributed by atoms with van der Waals surface area (Å²) in [4.78, 5) is 8.42. The van der Waals surface area contributed by atoms with Gasteiger partial charge in [0, 0.05) is 27.9 Å². The third-order valence-electron chi connectivity index (χ3n) is 5.75. The van der Waals surface area contributed by atoms with E-state index in [0.29, 0.717) is 6.54 Å². The molecule has 0 bridgehead atoms. The summed E-state index contributed by atoms with van der Waals surface area (Å²) >= 11 is 0. The smallest absolute Gasteiger partial charge is 0.119 e. The monoisotopic (exact) mass is 376 g/mol. The summed E-state index contributed by atoms with van der Waals surface area (Å²) < 4.78 is 5.47. The Kier molecular flexibility index (Phi) is 4.96. The van der Waals surface area contributed by atoms with Crippen LogP contribution in [0.5, 0.6) is 5.75 Å². The molecule has 2 aromatic carbocycles. The van der Waals surface area contributed by atoms with E-state index in [9.17, 15) is 0 Å². The molecule has 0 aliphatic carbocycles. The van der Waals surface area contributed by atoms with Gasteiger partial charge < -0.3 is 20.8 Å². The number of H-pyrrole nitrogens is 1. The predicted molar refractivity (Wildman–Crippen MR) is 117 cm³/mol. The molecule has 28 heavy (non-hydrogen) atoms. The van der Waals surface area contributed by atoms with Crippen molar-refractivity contribution in [3.8, 4) is 5.75 Å². The van der Waals surface area contributed by atoms with Crippen LogP contribution in [0.4, 0.5) is 0 Å². The second kappa shape index (κ2) is 7.41. The van der Waals surface area contributed by atoms with Crippen LogP contribution in [-0.4, -0.2) is 30.2 Å². The number of rotatable bonds is 6. The molecule has 2 heterocycles. The zero-order valence-corrected chi connectivity index (χ0v) is 17.0. The highest BCUT2D eigenvalue weighted by atomic mass is 16.5. The van der Waals surface area contributed by atoms with Gasteiger partial charge in [0.05, 0.1) is 24.4 Å². The Morgan fingerprint density at radius 3 is 2.68 bits per heavy atom. The lowest BCUT2D eigenvalue weighted by Gasteiger charge is -2.20. The van der Waals surface area contributed by atoms with Crippen molar-refractivity contribution in [2.45, 2.75) is 33.2 Å². The number of nitrogens with two attached hydrogens (primary N) is 1. The number of aryl methyl sites for hydroxylation is 2. The van der Waals surface area contributed by atoms with Crippen LogP contribution in [0, 0.1) is 13.8 Å². The van der Waals surface area contributed by atoms with Gasteiger partial charge in [0.25, 0.3) is 0 Å². The summed E-state index contributed by atoms with van der Waals surface area (Å²) in [5.41, 5.74) is 11.8. The van der Waals surface area contributed by atoms with Crippen molar-refractivity contribution < 1.29 is 4.74 Å². The van der Waals surface area contributed by atoms with Crippen molar-refractivity contribution in [3.63, 3.8) is 0 Å². The number of aromatic nitrogens is 2. The number of benzene rings is 2. The first-order valence-electron chi connectivity index (χ1n) is 9.91. The molecular formula is C23H28N4O. The first-order chi connectivity index (χ1) is 13.6. The summed E-state index contributed by atoms with van der Waals surface area (Å²) in [5, 5.41) is 8.47. The van der Waals surface area contributed by atoms with E-state index in [1.165, 1.54) is 38.2 Å². The number of ether oxygens (including phenoxy) is 1. The van der Waals surface area contributed by atoms with Gasteiger partial charge in [-0.15, -0.1) is 0 Å². The SMILES string of the molecule is CCNC(CCN)c1nccc2c(C)c3[nH]c4ccc(OC)cc4c3c(C)c12. The molecule has 5 heteroatoms. The van der Waals surface area contributed by atoms with Gasteiger partial charge in [0.1, 0.15) is 5.75 Å². The van der Waals surface area contributed by atoms with Gasteiger partial charge in [0.2, 0.25) is 0 Å². The van der Waals surface area contributed by atoms with Crippen LogP contribution in [0.3, 0.4) is 0 Å². The standard InChI is InChI=1S/C23H28N4O/c1-5-25-19(8-10-24)23-20-14(3)21-17-12-15(28-4)6-7-18(17)27-22(21)13(2)16(20)9-11-26-23/h6-7,9,11-12,19,25,27H,5,8,10,24H2,1-4H3. The molecule has 1 unspecified atom stereocenters. The van der Waals surface area contributed by atoms with Crippen molar-refractivity contribution in [3.05, 3.63) is 47.3 Å². The van der Waals surface area contributed by atoms with E-state index in [-0.39, 0.29) is 6.04 Å². The van der Waals surface area contributed by atoms with Crippen LogP contribution >= 0.6 is 0 Å². The number of nitrogens with zero attached hydrogens (tertiary/aromatic N) is 1. The number of fused-ring (bicyclic) bond motifs is 4. The Balaban J connectivity index is 2.12. The van der Waals surface area contributed by atoms with Gasteiger partial charge in [-0.25, -0.2) is 0 Å². The molecule has 0 amide bonds. The molecule has 4 aromatic rings. The lowest BCUT2D eigenvalue weighted by atomic mass is 9.92. The van der Waals surface area contributed by atoms with Crippen molar-refractivity contribution in [1.29, 1.82) is 0 Å². The third kappa shape index (κ3) is 2.82. The minimum Gasteiger partial charge on any atom is -0.497 e. The van der Waals surface area contributed by atoms with Gasteiger partial charge in [0.15, 0.2) is 0 Å². The van der Waals surface area contributed by atoms with E-state index in [2.05, 4.69) is 49.3 Å². The summed E-state index contributed by atoms with van der Waals surface area (Å²) in [6, 6.07) is 8.47. The Labute approximate surface area is 165 Å². The van der Waals surface area contributed by atoms with Gasteiger partial charge in [-0.1, -0.05) is 6.92 Å². The highest BCUT2D eigenvalue weighted by Crippen LogP contribution is 2.39. The summed E-state index contributed by atoms with van der Waals surface area (Å²) in [6.45, 7) is 8.02. The van der Waals surface area contributed by atoms with Gasteiger partial charge in [-0.2, -0.15) is 0 Å². The minimum atomic E-state index is 0.147. The molecule has 5 nitrogen and oxygen atoms in total. The van der Waals surface area contributed by atoms with Gasteiger partial charge >= 0.3 is 0 Å². The van der Waals surface area contributed by atoms with Gasteiger partial charge in [-0.3, -0.25) is 4.98 Å². The van der Waals surface area contributed by atoms with Crippen LogP contribution in [0.15, 0.2) is 30.5 Å². The molecule has 146 valence electrons. The molecule has 0 fully saturated rings. The maximum Gasteiger partial charge on any atom is 0.119 e. The number of methoxy groups -OCH3 is 1. The van der Waals surface area contributed by atoms with E-state index >= 15 is 0 Å². The number of nitrogens with one attached hydrogen (secondary N) is 2. The van der Waals surface area contributed by atoms with Crippen LogP contribution in [0.2, 0.25) is 0 Å². The normalized spacial score (nSPS) is 12.9. The molecule has 0 aliphatic heterocycles. The fourth-order valence-electron chi connectivity index (χ4n) is 4.43. The zero-order chi connectivity index (χ0) is 19.8. The number of pyridine rings is 1. The van der Waals surface area contributed by atoms with Crippen molar-refractivity contribution in [1.82, 2.24) is 15.3 Å². The van der Waals surface area contributed by atoms with E-state index in [1.54, 1.807) is 7.11 Å². The van der Waals surface area contributed by atoms with Gasteiger partial charge in [-0.05, 0) is 74.1 Å². The topological polar surface area (TPSA) is 76.0 Å². The minimum absolute atomic E-state index is 0.147. The average Bonchev–Trinajstić information content (AvgIpc) is 3.10. The molecule has 4 rings (SSSR count). The highest BCUT2D eigenvalue weighted by Gasteiger charge is 2.20. The van der Waals surface area contributed by atoms with Crippen LogP contribution < -0.4 is 15.8 Å². The Bertz CT molecular complexity index is 1160. The van der Waals surface area contributed by atoms with E-state index < -0.39 is 0 Å². The lowest BCUT2D eigenvalue weighted by Crippen LogP contribution is -2.24. The summed E-state index contributed by atoms with van der Waals surface area (Å²) in [5.74, 6) is 0.866. The number of hydrogen-bond donors (Lipinski definition) is 3. The molecule has 0 radical (unpaired) electrons. The van der Waals surface area contributed by atoms with Crippen molar-refractivity contribution >= 4 is 32.6 Å². The van der Waals surface area contributed by atoms with Crippen molar-refractivity contribution in [2.75, 3.05) is 20.2 Å². The molecule has 2 aromatic heterocycles. The molecule has 4 N–H and O–H groups in total. The molecule has 0 spiro atoms. The fourth-order valence-corrected chi connectivity index (χ4v) is 4.43. The highest BCUT2D eigenvalue weighted by molar-refractivity contribution is 6.17. The molecule has 0 saturated carbocycles. The Morgan fingerprint density at radius 2 is 1.96 bits per heavy atom. The average molecular weight is 377 g/mol. The second-order valence-corrected chi connectivity index (χ2v) is 7.34. The quantitative estimate of drug-likeness (QED) is 0.463. The first-order valence-corrected chi connectivity index (χ1v) is 9.91. The van der Waals surface area contributed by atoms with Crippen LogP contribution in [-0.2, 0) is 0 Å². The number of aromatic amines is 1. The number of hydrogen-bond acceptors (Lipinski definition) is 4. The molecule has 0 saturated heterocycles. The Hall–Kier alpha value is -2.63. The summed E-state index contributed by atoms with van der Waals surface area (Å²) in [7, 11) is 1.71. The predicted octanol–water partition coefficient (Wildman–Crippen LogP) is 4.49. The maximum absolute atomic E-state index is 5.90. The summed E-state index contributed by atoms with van der Waals surface area (Å²) in [6.07, 6.45) is 2.78. The molecule has 0 aliphatic rings.